The lowest BCUT2D eigenvalue weighted by Gasteiger charge is -2.10. The maximum absolute atomic E-state index is 8.70. The fraction of sp³-hybridized carbons (Fsp3) is 0.600. The van der Waals surface area contributed by atoms with E-state index in [9.17, 15) is 0 Å². The van der Waals surface area contributed by atoms with Gasteiger partial charge in [-0.15, -0.1) is 0 Å². The van der Waals surface area contributed by atoms with Gasteiger partial charge >= 0.3 is 0 Å². The van der Waals surface area contributed by atoms with Gasteiger partial charge in [0.1, 0.15) is 6.07 Å². The van der Waals surface area contributed by atoms with Gasteiger partial charge in [-0.25, -0.2) is 4.98 Å². The predicted molar refractivity (Wildman–Crippen MR) is 54.5 cm³/mol. The van der Waals surface area contributed by atoms with Crippen molar-refractivity contribution in [2.45, 2.75) is 32.9 Å². The summed E-state index contributed by atoms with van der Waals surface area (Å²) in [5.41, 5.74) is 1.04. The topological polar surface area (TPSA) is 53.6 Å². The number of hydrogen-bond donors (Lipinski definition) is 1. The smallest absolute Gasteiger partial charge is 0.212 e. The summed E-state index contributed by atoms with van der Waals surface area (Å²) < 4.78 is 1.81. The summed E-state index contributed by atoms with van der Waals surface area (Å²) in [4.78, 5) is 4.00. The first-order valence-corrected chi connectivity index (χ1v) is 4.83. The normalized spacial score (nSPS) is 12.4. The highest BCUT2D eigenvalue weighted by atomic mass is 15.1. The number of hydrogen-bond acceptors (Lipinski definition) is 3. The van der Waals surface area contributed by atoms with Gasteiger partial charge in [-0.05, 0) is 13.3 Å². The second kappa shape index (κ2) is 4.77. The molecule has 0 saturated carbocycles. The van der Waals surface area contributed by atoms with Gasteiger partial charge in [0.25, 0.3) is 0 Å². The number of imidazole rings is 1. The van der Waals surface area contributed by atoms with Gasteiger partial charge in [-0.2, -0.15) is 5.26 Å². The van der Waals surface area contributed by atoms with Crippen LogP contribution in [0.25, 0.3) is 0 Å². The summed E-state index contributed by atoms with van der Waals surface area (Å²) in [6.07, 6.45) is 2.84. The molecule has 0 spiro atoms. The third-order valence-electron chi connectivity index (χ3n) is 2.43. The van der Waals surface area contributed by atoms with E-state index in [1.807, 2.05) is 17.7 Å². The second-order valence-corrected chi connectivity index (χ2v) is 3.43. The number of nitrogens with one attached hydrogen (secondary N) is 1. The molecule has 4 nitrogen and oxygen atoms in total. The third kappa shape index (κ3) is 2.33. The van der Waals surface area contributed by atoms with Crippen LogP contribution in [-0.2, 0) is 13.6 Å². The van der Waals surface area contributed by atoms with Crippen LogP contribution in [0.1, 0.15) is 31.8 Å². The SMILES string of the molecule is CCC(C)NCc1cnc(C#N)n1C. The van der Waals surface area contributed by atoms with Crippen LogP contribution in [0.5, 0.6) is 0 Å². The molecule has 0 aromatic carbocycles. The van der Waals surface area contributed by atoms with Crippen molar-refractivity contribution >= 4 is 0 Å². The minimum atomic E-state index is 0.464. The Labute approximate surface area is 84.6 Å². The highest BCUT2D eigenvalue weighted by molar-refractivity contribution is 5.16. The van der Waals surface area contributed by atoms with Gasteiger partial charge in [-0.1, -0.05) is 6.92 Å². The number of aromatic nitrogens is 2. The Morgan fingerprint density at radius 3 is 2.93 bits per heavy atom. The van der Waals surface area contributed by atoms with Gasteiger partial charge in [0.15, 0.2) is 0 Å². The van der Waals surface area contributed by atoms with Crippen molar-refractivity contribution in [3.8, 4) is 6.07 Å². The van der Waals surface area contributed by atoms with Crippen molar-refractivity contribution in [1.82, 2.24) is 14.9 Å². The molecule has 0 saturated heterocycles. The lowest BCUT2D eigenvalue weighted by atomic mass is 10.2. The fourth-order valence-corrected chi connectivity index (χ4v) is 1.14. The molecule has 0 aliphatic carbocycles. The van der Waals surface area contributed by atoms with Gasteiger partial charge in [-0.3, -0.25) is 0 Å². The minimum Gasteiger partial charge on any atom is -0.322 e. The predicted octanol–water partition coefficient (Wildman–Crippen LogP) is 1.18. The summed E-state index contributed by atoms with van der Waals surface area (Å²) in [5, 5.41) is 12.1. The lowest BCUT2D eigenvalue weighted by molar-refractivity contribution is 0.522. The van der Waals surface area contributed by atoms with Gasteiger partial charge < -0.3 is 9.88 Å². The van der Waals surface area contributed by atoms with Gasteiger partial charge in [0, 0.05) is 19.6 Å². The maximum atomic E-state index is 8.70. The highest BCUT2D eigenvalue weighted by Crippen LogP contribution is 2.02. The maximum Gasteiger partial charge on any atom is 0.212 e. The molecule has 0 bridgehead atoms. The first kappa shape index (κ1) is 10.7. The summed E-state index contributed by atoms with van der Waals surface area (Å²) in [6, 6.07) is 2.54. The van der Waals surface area contributed by atoms with E-state index in [-0.39, 0.29) is 0 Å². The monoisotopic (exact) mass is 192 g/mol. The Morgan fingerprint density at radius 1 is 1.71 bits per heavy atom. The molecular weight excluding hydrogens is 176 g/mol. The summed E-state index contributed by atoms with van der Waals surface area (Å²) in [6.45, 7) is 5.05. The molecule has 1 aromatic heterocycles. The van der Waals surface area contributed by atoms with Crippen LogP contribution in [0.15, 0.2) is 6.20 Å². The van der Waals surface area contributed by atoms with E-state index in [1.54, 1.807) is 6.20 Å². The standard InChI is InChI=1S/C10H16N4/c1-4-8(2)12-6-9-7-13-10(5-11)14(9)3/h7-8,12H,4,6H2,1-3H3. The van der Waals surface area contributed by atoms with E-state index < -0.39 is 0 Å². The number of nitrogens with zero attached hydrogens (tertiary/aromatic N) is 3. The van der Waals surface area contributed by atoms with Gasteiger partial charge in [0.05, 0.1) is 11.9 Å². The Morgan fingerprint density at radius 2 is 2.43 bits per heavy atom. The average Bonchev–Trinajstić information content (AvgIpc) is 2.56. The molecule has 0 aliphatic rings. The molecule has 0 amide bonds. The van der Waals surface area contributed by atoms with E-state index in [2.05, 4.69) is 24.1 Å². The van der Waals surface area contributed by atoms with Crippen molar-refractivity contribution in [1.29, 1.82) is 5.26 Å². The van der Waals surface area contributed by atoms with Crippen LogP contribution in [0.2, 0.25) is 0 Å². The van der Waals surface area contributed by atoms with Gasteiger partial charge in [0.2, 0.25) is 5.82 Å². The Bertz CT molecular complexity index is 334. The largest absolute Gasteiger partial charge is 0.322 e. The van der Waals surface area contributed by atoms with Crippen molar-refractivity contribution in [3.63, 3.8) is 0 Å². The van der Waals surface area contributed by atoms with Crippen molar-refractivity contribution in [2.24, 2.45) is 7.05 Å². The molecule has 1 unspecified atom stereocenters. The Kier molecular flexibility index (Phi) is 3.66. The van der Waals surface area contributed by atoms with Crippen LogP contribution >= 0.6 is 0 Å². The second-order valence-electron chi connectivity index (χ2n) is 3.43. The molecular formula is C10H16N4. The molecule has 0 radical (unpaired) electrons. The van der Waals surface area contributed by atoms with Crippen molar-refractivity contribution < 1.29 is 0 Å². The van der Waals surface area contributed by atoms with Crippen LogP contribution in [0.4, 0.5) is 0 Å². The zero-order valence-corrected chi connectivity index (χ0v) is 8.91. The fourth-order valence-electron chi connectivity index (χ4n) is 1.14. The van der Waals surface area contributed by atoms with E-state index in [1.165, 1.54) is 0 Å². The Hall–Kier alpha value is -1.34. The molecule has 1 heterocycles. The molecule has 76 valence electrons. The lowest BCUT2D eigenvalue weighted by Crippen LogP contribution is -2.25. The molecule has 0 fully saturated rings. The summed E-state index contributed by atoms with van der Waals surface area (Å²) in [5.74, 6) is 0.464. The van der Waals surface area contributed by atoms with E-state index in [0.717, 1.165) is 18.7 Å². The first-order valence-electron chi connectivity index (χ1n) is 4.83. The number of nitriles is 1. The quantitative estimate of drug-likeness (QED) is 0.779. The third-order valence-corrected chi connectivity index (χ3v) is 2.43. The molecule has 0 aliphatic heterocycles. The number of rotatable bonds is 4. The highest BCUT2D eigenvalue weighted by Gasteiger charge is 2.05. The minimum absolute atomic E-state index is 0.464. The van der Waals surface area contributed by atoms with E-state index in [4.69, 9.17) is 5.26 Å². The Balaban J connectivity index is 2.60. The summed E-state index contributed by atoms with van der Waals surface area (Å²) in [7, 11) is 1.86. The summed E-state index contributed by atoms with van der Waals surface area (Å²) >= 11 is 0. The molecule has 14 heavy (non-hydrogen) atoms. The average molecular weight is 192 g/mol. The van der Waals surface area contributed by atoms with Crippen molar-refractivity contribution in [2.75, 3.05) is 0 Å². The zero-order valence-electron chi connectivity index (χ0n) is 8.91. The molecule has 1 N–H and O–H groups in total. The van der Waals surface area contributed by atoms with E-state index in [0.29, 0.717) is 11.9 Å². The van der Waals surface area contributed by atoms with Crippen LogP contribution in [-0.4, -0.2) is 15.6 Å². The van der Waals surface area contributed by atoms with E-state index >= 15 is 0 Å². The molecule has 1 atom stereocenters. The first-order chi connectivity index (χ1) is 6.69. The molecule has 1 aromatic rings. The molecule has 1 rings (SSSR count). The van der Waals surface area contributed by atoms with Crippen LogP contribution < -0.4 is 5.32 Å². The van der Waals surface area contributed by atoms with Crippen molar-refractivity contribution in [3.05, 3.63) is 17.7 Å². The van der Waals surface area contributed by atoms with Crippen LogP contribution in [0.3, 0.4) is 0 Å². The molecule has 4 heteroatoms. The van der Waals surface area contributed by atoms with Crippen LogP contribution in [0, 0.1) is 11.3 Å². The zero-order chi connectivity index (χ0) is 10.6.